The van der Waals surface area contributed by atoms with Gasteiger partial charge in [0.2, 0.25) is 59.1 Å². The number of hydrogen-bond donors (Lipinski definition) is 15. The quantitative estimate of drug-likeness (QED) is 0.0644. The van der Waals surface area contributed by atoms with Crippen LogP contribution in [0.2, 0.25) is 0 Å². The number of carboxylic acids is 1. The summed E-state index contributed by atoms with van der Waals surface area (Å²) in [5, 5.41) is 51.9. The SMILES string of the molecule is C[C@@]12CCCN1C(=O)[C@H](Cc1ccc(O)cc1)NC(=O)[C@H](Cc1cnc[nH]1)NC(=O)[C@H](CC(=O)O)NC(=O)[C@H](Cc1c[nH]c3ccc(F)cc13)NC(=O)[C@H](Cc1ccc(O)cc1)NC(=O)CNC(=O)[C@H](CCCCN)NC(=O)CCSCc1cccc(c1)CSC[C@@H](C(N)=O)NC2=O. The number of aromatic amines is 2. The molecule has 2 aliphatic heterocycles. The first kappa shape index (κ1) is 73.8. The van der Waals surface area contributed by atoms with E-state index in [1.54, 1.807) is 0 Å². The Morgan fingerprint density at radius 3 is 1.91 bits per heavy atom. The third kappa shape index (κ3) is 21.2. The maximum atomic E-state index is 15.2. The summed E-state index contributed by atoms with van der Waals surface area (Å²) >= 11 is 2.80. The van der Waals surface area contributed by atoms with Gasteiger partial charge in [-0.1, -0.05) is 48.5 Å². The van der Waals surface area contributed by atoms with Crippen LogP contribution in [0, 0.1) is 5.82 Å². The van der Waals surface area contributed by atoms with Gasteiger partial charge in [-0.3, -0.25) is 52.7 Å². The van der Waals surface area contributed by atoms with Crippen molar-refractivity contribution in [2.45, 2.75) is 137 Å². The zero-order valence-corrected chi connectivity index (χ0v) is 55.4. The van der Waals surface area contributed by atoms with Crippen LogP contribution in [-0.4, -0.2) is 179 Å². The zero-order valence-electron chi connectivity index (χ0n) is 53.7. The molecule has 0 radical (unpaired) electrons. The number of aromatic nitrogens is 3. The van der Waals surface area contributed by atoms with Crippen LogP contribution in [0.4, 0.5) is 4.39 Å². The average Bonchev–Trinajstić information content (AvgIpc) is 1.66. The molecular weight excluding hydrogens is 1310 g/mol. The van der Waals surface area contributed by atoms with Crippen LogP contribution in [0.25, 0.3) is 10.9 Å². The molecule has 6 aromatic rings. The van der Waals surface area contributed by atoms with Gasteiger partial charge in [0.25, 0.3) is 0 Å². The number of carbonyl (C=O) groups is 11. The van der Waals surface area contributed by atoms with Gasteiger partial charge < -0.3 is 84.2 Å². The molecule has 4 heterocycles. The number of halogens is 1. The van der Waals surface area contributed by atoms with Crippen molar-refractivity contribution in [1.29, 1.82) is 0 Å². The maximum Gasteiger partial charge on any atom is 0.305 e. The molecule has 28 nitrogen and oxygen atoms in total. The smallest absolute Gasteiger partial charge is 0.305 e. The molecule has 0 spiro atoms. The third-order valence-electron chi connectivity index (χ3n) is 16.8. The van der Waals surface area contributed by atoms with Gasteiger partial charge in [0.1, 0.15) is 65.1 Å². The molecule has 0 saturated carbocycles. The van der Waals surface area contributed by atoms with Crippen molar-refractivity contribution < 1.29 is 72.4 Å². The van der Waals surface area contributed by atoms with Crippen LogP contribution in [-0.2, 0) is 89.9 Å². The molecule has 2 aliphatic rings. The van der Waals surface area contributed by atoms with E-state index in [1.807, 2.05) is 24.3 Å². The highest BCUT2D eigenvalue weighted by Gasteiger charge is 2.48. The number of amides is 10. The van der Waals surface area contributed by atoms with Gasteiger partial charge >= 0.3 is 5.97 Å². The van der Waals surface area contributed by atoms with E-state index < -0.39 is 138 Å². The number of nitrogens with two attached hydrogens (primary N) is 2. The van der Waals surface area contributed by atoms with Crippen molar-refractivity contribution in [3.05, 3.63) is 149 Å². The maximum absolute atomic E-state index is 15.2. The molecule has 1 fully saturated rings. The summed E-state index contributed by atoms with van der Waals surface area (Å²) in [7, 11) is 0. The first-order chi connectivity index (χ1) is 46.9. The van der Waals surface area contributed by atoms with Crippen molar-refractivity contribution in [2.24, 2.45) is 11.5 Å². The van der Waals surface area contributed by atoms with Gasteiger partial charge in [-0.25, -0.2) is 9.37 Å². The van der Waals surface area contributed by atoms with Crippen LogP contribution in [0.5, 0.6) is 11.5 Å². The lowest BCUT2D eigenvalue weighted by atomic mass is 9.95. The Balaban J connectivity index is 1.13. The number of carboxylic acid groups (broad SMARTS) is 1. The predicted octanol–water partition coefficient (Wildman–Crippen LogP) is 1.26. The highest BCUT2D eigenvalue weighted by Crippen LogP contribution is 2.32. The topological polar surface area (TPSA) is 444 Å². The first-order valence-electron chi connectivity index (χ1n) is 31.9. The molecule has 10 amide bonds. The normalized spacial score (nSPS) is 22.9. The Kier molecular flexibility index (Phi) is 26.6. The van der Waals surface area contributed by atoms with Gasteiger partial charge in [-0.15, -0.1) is 0 Å². The first-order valence-corrected chi connectivity index (χ1v) is 34.2. The number of phenolic OH excluding ortho intramolecular Hbond substituents is 2. The Morgan fingerprint density at radius 1 is 0.673 bits per heavy atom. The number of nitrogens with one attached hydrogen (secondary N) is 10. The largest absolute Gasteiger partial charge is 0.508 e. The Morgan fingerprint density at radius 2 is 1.28 bits per heavy atom. The van der Waals surface area contributed by atoms with E-state index >= 15 is 4.79 Å². The van der Waals surface area contributed by atoms with Crippen LogP contribution in [0.15, 0.2) is 110 Å². The Bertz CT molecular complexity index is 3830. The van der Waals surface area contributed by atoms with Crippen LogP contribution in [0.1, 0.15) is 85.4 Å². The molecule has 98 heavy (non-hydrogen) atoms. The van der Waals surface area contributed by atoms with Gasteiger partial charge in [0.05, 0.1) is 19.3 Å². The second-order valence-electron chi connectivity index (χ2n) is 24.2. The molecule has 1 saturated heterocycles. The van der Waals surface area contributed by atoms with E-state index in [4.69, 9.17) is 11.5 Å². The molecule has 522 valence electrons. The summed E-state index contributed by atoms with van der Waals surface area (Å²) in [6.07, 6.45) is 3.21. The number of phenols is 2. The van der Waals surface area contributed by atoms with E-state index in [1.165, 1.54) is 121 Å². The molecule has 8 atom stereocenters. The minimum atomic E-state index is -2.02. The summed E-state index contributed by atoms with van der Waals surface area (Å²) in [5.74, 6) is -9.94. The van der Waals surface area contributed by atoms with Crippen LogP contribution in [0.3, 0.4) is 0 Å². The van der Waals surface area contributed by atoms with Crippen molar-refractivity contribution in [1.82, 2.24) is 62.4 Å². The fourth-order valence-corrected chi connectivity index (χ4v) is 13.4. The monoisotopic (exact) mass is 1390 g/mol. The van der Waals surface area contributed by atoms with E-state index in [9.17, 15) is 67.7 Å². The number of thioether (sulfide) groups is 2. The number of benzene rings is 4. The molecule has 2 aromatic heterocycles. The number of imidazole rings is 1. The van der Waals surface area contributed by atoms with E-state index in [0.29, 0.717) is 59.7 Å². The molecule has 0 unspecified atom stereocenters. The highest BCUT2D eigenvalue weighted by molar-refractivity contribution is 7.98. The number of carbonyl (C=O) groups excluding carboxylic acids is 10. The molecule has 0 aliphatic carbocycles. The summed E-state index contributed by atoms with van der Waals surface area (Å²) in [6.45, 7) is 1.14. The number of H-pyrrole nitrogens is 2. The second-order valence-corrected chi connectivity index (χ2v) is 26.4. The number of hydrogen-bond acceptors (Lipinski definition) is 17. The van der Waals surface area contributed by atoms with Crippen LogP contribution >= 0.6 is 23.5 Å². The van der Waals surface area contributed by atoms with Gasteiger partial charge in [-0.2, -0.15) is 23.5 Å². The fourth-order valence-electron chi connectivity index (χ4n) is 11.5. The Hall–Kier alpha value is -10.0. The number of aliphatic carboxylic acids is 1. The summed E-state index contributed by atoms with van der Waals surface area (Å²) in [6, 6.07) is 12.0. The molecule has 31 heteroatoms. The molecular formula is C67H81FN14O14S2. The minimum absolute atomic E-state index is 0.0221. The zero-order chi connectivity index (χ0) is 70.5. The number of unbranched alkanes of at least 4 members (excludes halogenated alkanes) is 1. The number of primary amides is 1. The number of fused-ring (bicyclic) bond motifs is 4. The molecule has 17 N–H and O–H groups in total. The van der Waals surface area contributed by atoms with Crippen molar-refractivity contribution >= 4 is 99.5 Å². The average molecular weight is 1390 g/mol. The Labute approximate surface area is 571 Å². The fraction of sp³-hybridized carbons (Fsp3) is 0.403. The number of aromatic hydroxyl groups is 2. The van der Waals surface area contributed by atoms with Crippen LogP contribution < -0.4 is 54.0 Å². The van der Waals surface area contributed by atoms with Gasteiger partial charge in [-0.05, 0) is 116 Å². The van der Waals surface area contributed by atoms with Gasteiger partial charge in [0, 0.05) is 90.7 Å². The minimum Gasteiger partial charge on any atom is -0.508 e. The lowest BCUT2D eigenvalue weighted by Gasteiger charge is -2.37. The van der Waals surface area contributed by atoms with Gasteiger partial charge in [0.15, 0.2) is 0 Å². The summed E-state index contributed by atoms with van der Waals surface area (Å²) < 4.78 is 14.9. The lowest BCUT2D eigenvalue weighted by molar-refractivity contribution is -0.147. The van der Waals surface area contributed by atoms with E-state index in [0.717, 1.165) is 11.1 Å². The number of rotatable bonds is 15. The van der Waals surface area contributed by atoms with Crippen molar-refractivity contribution in [2.75, 3.05) is 31.1 Å². The van der Waals surface area contributed by atoms with E-state index in [2.05, 4.69) is 57.5 Å². The van der Waals surface area contributed by atoms with Crippen molar-refractivity contribution in [3.8, 4) is 11.5 Å². The number of nitrogens with zero attached hydrogens (tertiary/aromatic N) is 2. The second kappa shape index (κ2) is 35.3. The van der Waals surface area contributed by atoms with Crippen molar-refractivity contribution in [3.63, 3.8) is 0 Å². The summed E-state index contributed by atoms with van der Waals surface area (Å²) in [5.41, 5.74) is 13.7. The standard InChI is InChI=1S/C67H81FN14O14S2/c1-67-20-5-22-82(67)65(95)54(26-39-11-16-46(84)17-12-39)80-63(93)52(29-44-32-71-37-74-44)78-64(94)53(30-58(87)88)79-62(92)51(27-42-31-72-48-18-13-43(68)28-47(42)48)77-61(91)50(25-38-9-14-45(83)15-10-38)76-57(86)33-73-60(90)49(8-2-3-21-69)75-56(85)19-23-97-34-40-6-4-7-41(24-40)35-98-36-55(59(70)89)81-66(67)96/h4,6-7,9-18,24,28,31-32,37,49-55,72,83-84H,2-3,5,8,19-23,25-27,29-30,33-36,69H2,1H3,(H2,70,89)(H,71,74)(H,73,90)(H,75,85)(H,76,86)(H,77,91)(H,78,94)(H,79,92)(H,80,93)(H,81,96)(H,87,88)/t49-,50-,51-,52-,53-,54-,55-,67-/m0/s1. The predicted molar refractivity (Wildman–Crippen MR) is 361 cm³/mol. The molecule has 4 aromatic carbocycles. The molecule has 2 bridgehead atoms. The third-order valence-corrected chi connectivity index (χ3v) is 18.9. The summed E-state index contributed by atoms with van der Waals surface area (Å²) in [4.78, 5) is 167. The van der Waals surface area contributed by atoms with E-state index in [-0.39, 0.29) is 79.0 Å². The highest BCUT2D eigenvalue weighted by atomic mass is 32.2. The molecule has 8 rings (SSSR count). The lowest BCUT2D eigenvalue weighted by Crippen LogP contribution is -2.63.